The third-order valence-electron chi connectivity index (χ3n) is 2.89. The van der Waals surface area contributed by atoms with Crippen LogP contribution in [-0.2, 0) is 25.6 Å². The fourth-order valence-corrected chi connectivity index (χ4v) is 9.28. The summed E-state index contributed by atoms with van der Waals surface area (Å²) in [7, 11) is 0. The van der Waals surface area contributed by atoms with Crippen molar-refractivity contribution in [3.05, 3.63) is 0 Å². The van der Waals surface area contributed by atoms with Crippen LogP contribution in [0.2, 0.25) is 0 Å². The van der Waals surface area contributed by atoms with E-state index in [1.54, 1.807) is 11.4 Å². The van der Waals surface area contributed by atoms with Crippen LogP contribution in [0.3, 0.4) is 0 Å². The SMILES string of the molecule is CC(C)OP(=S)(OC(C)C)SC(C(C)C)N1CCOCC1. The number of hydrogen-bond acceptors (Lipinski definition) is 6. The average molecular weight is 356 g/mol. The van der Waals surface area contributed by atoms with E-state index < -0.39 is 5.69 Å². The van der Waals surface area contributed by atoms with E-state index in [1.807, 2.05) is 27.7 Å². The predicted octanol–water partition coefficient (Wildman–Crippen LogP) is 4.11. The molecule has 0 saturated carbocycles. The lowest BCUT2D eigenvalue weighted by atomic mass is 10.2. The van der Waals surface area contributed by atoms with E-state index in [1.165, 1.54) is 0 Å². The molecule has 1 heterocycles. The van der Waals surface area contributed by atoms with Gasteiger partial charge in [-0.2, -0.15) is 0 Å². The van der Waals surface area contributed by atoms with Crippen LogP contribution >= 0.6 is 17.1 Å². The number of rotatable bonds is 8. The van der Waals surface area contributed by atoms with Gasteiger partial charge in [0.1, 0.15) is 0 Å². The second-order valence-electron chi connectivity index (χ2n) is 6.14. The summed E-state index contributed by atoms with van der Waals surface area (Å²) in [5, 5.41) is 0.317. The van der Waals surface area contributed by atoms with Crippen molar-refractivity contribution >= 4 is 28.9 Å². The van der Waals surface area contributed by atoms with Gasteiger partial charge >= 0.3 is 0 Å². The minimum Gasteiger partial charge on any atom is -0.379 e. The van der Waals surface area contributed by atoms with E-state index in [2.05, 4.69) is 18.7 Å². The molecule has 0 N–H and O–H groups in total. The van der Waals surface area contributed by atoms with Crippen LogP contribution in [0.4, 0.5) is 0 Å². The third-order valence-corrected chi connectivity index (χ3v) is 8.80. The number of hydrogen-bond donors (Lipinski definition) is 0. The summed E-state index contributed by atoms with van der Waals surface area (Å²) in [6.07, 6.45) is 0.166. The first-order chi connectivity index (χ1) is 9.73. The van der Waals surface area contributed by atoms with Crippen LogP contribution in [-0.4, -0.2) is 48.8 Å². The van der Waals surface area contributed by atoms with Gasteiger partial charge in [-0.25, -0.2) is 0 Å². The van der Waals surface area contributed by atoms with Gasteiger partial charge in [0.15, 0.2) is 0 Å². The number of morpholine rings is 1. The van der Waals surface area contributed by atoms with Crippen molar-refractivity contribution in [3.8, 4) is 0 Å². The Morgan fingerprint density at radius 1 is 1.00 bits per heavy atom. The quantitative estimate of drug-likeness (QED) is 0.609. The third kappa shape index (κ3) is 7.30. The van der Waals surface area contributed by atoms with Crippen molar-refractivity contribution in [3.63, 3.8) is 0 Å². The molecule has 7 heteroatoms. The zero-order valence-corrected chi connectivity index (χ0v) is 16.6. The van der Waals surface area contributed by atoms with Gasteiger partial charge in [-0.3, -0.25) is 4.90 Å². The lowest BCUT2D eigenvalue weighted by molar-refractivity contribution is 0.0260. The van der Waals surface area contributed by atoms with Gasteiger partial charge in [0.05, 0.1) is 30.8 Å². The maximum atomic E-state index is 6.03. The van der Waals surface area contributed by atoms with Crippen molar-refractivity contribution in [2.75, 3.05) is 26.3 Å². The molecule has 1 aliphatic heterocycles. The lowest BCUT2D eigenvalue weighted by Crippen LogP contribution is -2.44. The zero-order valence-electron chi connectivity index (χ0n) is 14.1. The van der Waals surface area contributed by atoms with Crippen LogP contribution < -0.4 is 0 Å². The molecule has 0 aliphatic carbocycles. The van der Waals surface area contributed by atoms with Gasteiger partial charge in [0.25, 0.3) is 0 Å². The van der Waals surface area contributed by atoms with E-state index in [0.717, 1.165) is 26.3 Å². The molecule has 21 heavy (non-hydrogen) atoms. The Labute approximate surface area is 139 Å². The molecule has 1 unspecified atom stereocenters. The van der Waals surface area contributed by atoms with Crippen LogP contribution in [0, 0.1) is 5.92 Å². The largest absolute Gasteiger partial charge is 0.379 e. The molecule has 0 spiro atoms. The van der Waals surface area contributed by atoms with Crippen LogP contribution in [0.5, 0.6) is 0 Å². The maximum Gasteiger partial charge on any atom is 0.249 e. The maximum absolute atomic E-state index is 6.03. The van der Waals surface area contributed by atoms with Crippen molar-refractivity contribution < 1.29 is 13.8 Å². The Bertz CT molecular complexity index is 333. The molecule has 1 saturated heterocycles. The van der Waals surface area contributed by atoms with E-state index in [4.69, 9.17) is 25.6 Å². The molecule has 0 aromatic heterocycles. The fourth-order valence-electron chi connectivity index (χ4n) is 2.17. The van der Waals surface area contributed by atoms with Gasteiger partial charge in [0.2, 0.25) is 5.69 Å². The van der Waals surface area contributed by atoms with Crippen LogP contribution in [0.15, 0.2) is 0 Å². The van der Waals surface area contributed by atoms with Gasteiger partial charge in [-0.05, 0) is 45.4 Å². The molecular formula is C14H30NO3PS2. The standard InChI is InChI=1S/C14H30NO3PS2/c1-11(2)14(15-7-9-16-10-8-15)21-19(20,17-12(3)4)18-13(5)6/h11-14H,7-10H2,1-6H3. The van der Waals surface area contributed by atoms with E-state index in [-0.39, 0.29) is 12.2 Å². The predicted molar refractivity (Wildman–Crippen MR) is 95.3 cm³/mol. The zero-order chi connectivity index (χ0) is 16.0. The number of nitrogens with zero attached hydrogens (tertiary/aromatic N) is 1. The first kappa shape index (κ1) is 19.9. The monoisotopic (exact) mass is 355 g/mol. The Kier molecular flexibility index (Phi) is 8.72. The van der Waals surface area contributed by atoms with Gasteiger partial charge < -0.3 is 13.8 Å². The van der Waals surface area contributed by atoms with E-state index in [9.17, 15) is 0 Å². The Morgan fingerprint density at radius 2 is 1.48 bits per heavy atom. The molecule has 0 bridgehead atoms. The van der Waals surface area contributed by atoms with Gasteiger partial charge in [-0.15, -0.1) is 0 Å². The van der Waals surface area contributed by atoms with Crippen molar-refractivity contribution in [2.45, 2.75) is 59.1 Å². The smallest absolute Gasteiger partial charge is 0.249 e. The molecular weight excluding hydrogens is 325 g/mol. The van der Waals surface area contributed by atoms with Crippen LogP contribution in [0.25, 0.3) is 0 Å². The average Bonchev–Trinajstić information content (AvgIpc) is 2.34. The first-order valence-electron chi connectivity index (χ1n) is 7.70. The normalized spacial score (nSPS) is 19.7. The molecule has 0 aromatic rings. The van der Waals surface area contributed by atoms with Gasteiger partial charge in [-0.1, -0.05) is 25.2 Å². The molecule has 0 radical (unpaired) electrons. The Balaban J connectivity index is 2.82. The molecule has 4 nitrogen and oxygen atoms in total. The number of ether oxygens (including phenoxy) is 1. The molecule has 1 aliphatic rings. The molecule has 1 rings (SSSR count). The summed E-state index contributed by atoms with van der Waals surface area (Å²) < 4.78 is 17.5. The summed E-state index contributed by atoms with van der Waals surface area (Å²) in [6.45, 7) is 16.0. The first-order valence-corrected chi connectivity index (χ1v) is 11.8. The highest BCUT2D eigenvalue weighted by Crippen LogP contribution is 2.65. The lowest BCUT2D eigenvalue weighted by Gasteiger charge is -2.39. The van der Waals surface area contributed by atoms with E-state index in [0.29, 0.717) is 11.3 Å². The summed E-state index contributed by atoms with van der Waals surface area (Å²) >= 11 is 7.51. The highest BCUT2D eigenvalue weighted by Gasteiger charge is 2.33. The molecule has 126 valence electrons. The second-order valence-corrected chi connectivity index (χ2v) is 12.4. The summed E-state index contributed by atoms with van der Waals surface area (Å²) in [5.74, 6) is 0.488. The summed E-state index contributed by atoms with van der Waals surface area (Å²) in [5.41, 5.74) is -2.34. The highest BCUT2D eigenvalue weighted by atomic mass is 32.9. The van der Waals surface area contributed by atoms with Crippen molar-refractivity contribution in [1.82, 2.24) is 4.90 Å². The highest BCUT2D eigenvalue weighted by molar-refractivity contribution is 8.68. The van der Waals surface area contributed by atoms with Crippen molar-refractivity contribution in [1.29, 1.82) is 0 Å². The fraction of sp³-hybridized carbons (Fsp3) is 1.00. The molecule has 1 fully saturated rings. The minimum atomic E-state index is -2.34. The summed E-state index contributed by atoms with van der Waals surface area (Å²) in [6, 6.07) is 0. The van der Waals surface area contributed by atoms with Gasteiger partial charge in [0, 0.05) is 13.1 Å². The summed E-state index contributed by atoms with van der Waals surface area (Å²) in [4.78, 5) is 2.45. The second kappa shape index (κ2) is 9.21. The molecule has 1 atom stereocenters. The molecule has 0 aromatic carbocycles. The van der Waals surface area contributed by atoms with Crippen molar-refractivity contribution in [2.24, 2.45) is 5.92 Å². The van der Waals surface area contributed by atoms with Crippen LogP contribution in [0.1, 0.15) is 41.5 Å². The Hall–Kier alpha value is 0.840. The molecule has 0 amide bonds. The minimum absolute atomic E-state index is 0.0829. The Morgan fingerprint density at radius 3 is 1.86 bits per heavy atom. The van der Waals surface area contributed by atoms with E-state index >= 15 is 0 Å². The topological polar surface area (TPSA) is 30.9 Å².